The summed E-state index contributed by atoms with van der Waals surface area (Å²) in [5, 5.41) is 0. The molecule has 2 aromatic rings. The molecule has 0 bridgehead atoms. The summed E-state index contributed by atoms with van der Waals surface area (Å²) in [5.74, 6) is 0.364. The average Bonchev–Trinajstić information content (AvgIpc) is 3.79. The van der Waals surface area contributed by atoms with Crippen LogP contribution in [-0.2, 0) is 18.9 Å². The molecular weight excluding hydrogens is 500 g/mol. The van der Waals surface area contributed by atoms with Gasteiger partial charge in [0.05, 0.1) is 50.8 Å². The Morgan fingerprint density at radius 1 is 0.525 bits per heavy atom. The topological polar surface area (TPSA) is 56.6 Å². The first-order valence-corrected chi connectivity index (χ1v) is 15.9. The highest BCUT2D eigenvalue weighted by atomic mass is 16.6. The number of epoxide rings is 4. The van der Waals surface area contributed by atoms with Gasteiger partial charge in [0, 0.05) is 43.5 Å². The third-order valence-electron chi connectivity index (χ3n) is 8.94. The summed E-state index contributed by atoms with van der Waals surface area (Å²) in [6.07, 6.45) is 11.5. The number of rotatable bonds is 20. The van der Waals surface area contributed by atoms with Crippen molar-refractivity contribution in [2.24, 2.45) is 0 Å². The largest absolute Gasteiger partial charge is 0.373 e. The van der Waals surface area contributed by atoms with Gasteiger partial charge in [0.15, 0.2) is 0 Å². The minimum atomic E-state index is 0.364. The number of hydrogen-bond acceptors (Lipinski definition) is 6. The molecule has 4 fully saturated rings. The van der Waals surface area contributed by atoms with Gasteiger partial charge in [-0.05, 0) is 86.8 Å². The maximum atomic E-state index is 5.43. The molecule has 2 aromatic carbocycles. The fourth-order valence-electron chi connectivity index (χ4n) is 5.86. The lowest BCUT2D eigenvalue weighted by molar-refractivity contribution is 0.387. The van der Waals surface area contributed by atoms with Crippen molar-refractivity contribution in [1.29, 1.82) is 0 Å². The summed E-state index contributed by atoms with van der Waals surface area (Å²) in [6, 6.07) is 18.7. The van der Waals surface area contributed by atoms with Crippen LogP contribution in [0.15, 0.2) is 48.5 Å². The lowest BCUT2D eigenvalue weighted by Gasteiger charge is -2.26. The molecule has 4 aliphatic heterocycles. The Morgan fingerprint density at radius 3 is 1.05 bits per heavy atom. The fraction of sp³-hybridized carbons (Fsp3) is 0.647. The first-order chi connectivity index (χ1) is 19.7. The standard InChI is InChI=1S/C34H48N2O4/c1-26(27-10-14-29(15-11-27)35(18-2-6-31-22-37-31)19-3-7-32-23-38-32)28-12-16-30(17-13-28)36(20-4-8-33-24-39-33)21-5-9-34-25-40-34/h10-17,26,31-34H,2-9,18-25H2,1H3. The normalized spacial score (nSPS) is 24.9. The highest BCUT2D eigenvalue weighted by molar-refractivity contribution is 5.51. The highest BCUT2D eigenvalue weighted by Gasteiger charge is 2.25. The maximum Gasteiger partial charge on any atom is 0.0810 e. The van der Waals surface area contributed by atoms with Crippen molar-refractivity contribution >= 4 is 11.4 Å². The molecule has 0 N–H and O–H groups in total. The van der Waals surface area contributed by atoms with Gasteiger partial charge < -0.3 is 28.7 Å². The number of ether oxygens (including phenoxy) is 4. The van der Waals surface area contributed by atoms with Crippen LogP contribution in [0.5, 0.6) is 0 Å². The van der Waals surface area contributed by atoms with Crippen LogP contribution in [0.1, 0.15) is 75.3 Å². The summed E-state index contributed by atoms with van der Waals surface area (Å²) in [7, 11) is 0. The molecule has 6 heteroatoms. The van der Waals surface area contributed by atoms with Crippen LogP contribution in [-0.4, -0.2) is 77.0 Å². The Bertz CT molecular complexity index is 909. The van der Waals surface area contributed by atoms with Crippen LogP contribution in [0.25, 0.3) is 0 Å². The summed E-state index contributed by atoms with van der Waals surface area (Å²) < 4.78 is 21.7. The zero-order chi connectivity index (χ0) is 27.1. The van der Waals surface area contributed by atoms with E-state index in [-0.39, 0.29) is 0 Å². The van der Waals surface area contributed by atoms with Crippen molar-refractivity contribution in [3.8, 4) is 0 Å². The number of hydrogen-bond donors (Lipinski definition) is 0. The van der Waals surface area contributed by atoms with E-state index in [1.165, 1.54) is 73.9 Å². The Balaban J connectivity index is 1.04. The Labute approximate surface area is 240 Å². The van der Waals surface area contributed by atoms with E-state index in [0.717, 1.165) is 52.6 Å². The van der Waals surface area contributed by atoms with Crippen molar-refractivity contribution < 1.29 is 18.9 Å². The molecule has 6 rings (SSSR count). The second-order valence-corrected chi connectivity index (χ2v) is 12.3. The van der Waals surface area contributed by atoms with Gasteiger partial charge >= 0.3 is 0 Å². The molecule has 0 saturated carbocycles. The molecule has 40 heavy (non-hydrogen) atoms. The Kier molecular flexibility index (Phi) is 9.59. The van der Waals surface area contributed by atoms with Crippen LogP contribution in [0.2, 0.25) is 0 Å². The van der Waals surface area contributed by atoms with Gasteiger partial charge in [-0.3, -0.25) is 0 Å². The van der Waals surface area contributed by atoms with E-state index < -0.39 is 0 Å². The van der Waals surface area contributed by atoms with E-state index in [9.17, 15) is 0 Å². The lowest BCUT2D eigenvalue weighted by Crippen LogP contribution is -2.26. The van der Waals surface area contributed by atoms with Crippen molar-refractivity contribution in [2.45, 2.75) is 88.6 Å². The third-order valence-corrected chi connectivity index (χ3v) is 8.94. The molecule has 4 aliphatic rings. The van der Waals surface area contributed by atoms with Crippen molar-refractivity contribution in [3.05, 3.63) is 59.7 Å². The van der Waals surface area contributed by atoms with Crippen LogP contribution < -0.4 is 9.80 Å². The van der Waals surface area contributed by atoms with Gasteiger partial charge in [-0.25, -0.2) is 0 Å². The van der Waals surface area contributed by atoms with E-state index in [1.807, 2.05) is 0 Å². The quantitative estimate of drug-likeness (QED) is 0.185. The molecule has 4 unspecified atom stereocenters. The van der Waals surface area contributed by atoms with Gasteiger partial charge in [0.2, 0.25) is 0 Å². The van der Waals surface area contributed by atoms with E-state index >= 15 is 0 Å². The predicted octanol–water partition coefficient (Wildman–Crippen LogP) is 6.17. The minimum Gasteiger partial charge on any atom is -0.373 e. The molecule has 4 heterocycles. The predicted molar refractivity (Wildman–Crippen MR) is 161 cm³/mol. The van der Waals surface area contributed by atoms with Crippen LogP contribution >= 0.6 is 0 Å². The van der Waals surface area contributed by atoms with Gasteiger partial charge in [0.1, 0.15) is 0 Å². The zero-order valence-corrected chi connectivity index (χ0v) is 24.3. The Morgan fingerprint density at radius 2 is 0.800 bits per heavy atom. The van der Waals surface area contributed by atoms with Crippen LogP contribution in [0, 0.1) is 0 Å². The first-order valence-electron chi connectivity index (χ1n) is 15.9. The number of anilines is 2. The van der Waals surface area contributed by atoms with E-state index in [4.69, 9.17) is 18.9 Å². The summed E-state index contributed by atoms with van der Waals surface area (Å²) >= 11 is 0. The minimum absolute atomic E-state index is 0.364. The van der Waals surface area contributed by atoms with Crippen molar-refractivity contribution in [1.82, 2.24) is 0 Å². The number of benzene rings is 2. The van der Waals surface area contributed by atoms with Gasteiger partial charge in [0.25, 0.3) is 0 Å². The fourth-order valence-corrected chi connectivity index (χ4v) is 5.86. The molecule has 218 valence electrons. The number of nitrogens with zero attached hydrogens (tertiary/aromatic N) is 2. The van der Waals surface area contributed by atoms with Gasteiger partial charge in [-0.15, -0.1) is 0 Å². The molecule has 0 spiro atoms. The molecule has 6 nitrogen and oxygen atoms in total. The van der Waals surface area contributed by atoms with E-state index in [1.54, 1.807) is 0 Å². The summed E-state index contributed by atoms with van der Waals surface area (Å²) in [5.41, 5.74) is 5.42. The summed E-state index contributed by atoms with van der Waals surface area (Å²) in [6.45, 7) is 10.5. The molecule has 0 aliphatic carbocycles. The van der Waals surface area contributed by atoms with E-state index in [2.05, 4.69) is 65.3 Å². The lowest BCUT2D eigenvalue weighted by atomic mass is 9.92. The highest BCUT2D eigenvalue weighted by Crippen LogP contribution is 2.29. The second-order valence-electron chi connectivity index (χ2n) is 12.3. The molecule has 4 atom stereocenters. The molecule has 0 amide bonds. The molecule has 0 aromatic heterocycles. The van der Waals surface area contributed by atoms with Gasteiger partial charge in [-0.2, -0.15) is 0 Å². The van der Waals surface area contributed by atoms with Crippen molar-refractivity contribution in [3.63, 3.8) is 0 Å². The van der Waals surface area contributed by atoms with Crippen LogP contribution in [0.4, 0.5) is 11.4 Å². The van der Waals surface area contributed by atoms with Crippen molar-refractivity contribution in [2.75, 3.05) is 62.4 Å². The molecule has 4 saturated heterocycles. The zero-order valence-electron chi connectivity index (χ0n) is 24.3. The summed E-state index contributed by atoms with van der Waals surface area (Å²) in [4.78, 5) is 5.13. The van der Waals surface area contributed by atoms with E-state index in [0.29, 0.717) is 30.3 Å². The molecular formula is C34H48N2O4. The Hall–Kier alpha value is -2.12. The smallest absolute Gasteiger partial charge is 0.0810 e. The SMILES string of the molecule is CC(c1ccc(N(CCCC2CO2)CCCC2CO2)cc1)c1ccc(N(CCCC2CO2)CCCC2CO2)cc1. The average molecular weight is 549 g/mol. The monoisotopic (exact) mass is 548 g/mol. The maximum absolute atomic E-state index is 5.43. The third kappa shape index (κ3) is 8.94. The molecule has 0 radical (unpaired) electrons. The second kappa shape index (κ2) is 13.7. The van der Waals surface area contributed by atoms with Gasteiger partial charge in [-0.1, -0.05) is 31.2 Å². The first kappa shape index (κ1) is 28.0. The van der Waals surface area contributed by atoms with Crippen LogP contribution in [0.3, 0.4) is 0 Å².